The maximum absolute atomic E-state index is 6.17. The van der Waals surface area contributed by atoms with Crippen LogP contribution in [0.2, 0.25) is 0 Å². The van der Waals surface area contributed by atoms with E-state index in [1.54, 1.807) is 11.3 Å². The summed E-state index contributed by atoms with van der Waals surface area (Å²) < 4.78 is 1.19. The van der Waals surface area contributed by atoms with Gasteiger partial charge >= 0.3 is 0 Å². The van der Waals surface area contributed by atoms with Crippen molar-refractivity contribution in [2.24, 2.45) is 17.6 Å². The molecule has 1 nitrogen and oxygen atoms in total. The third-order valence-corrected chi connectivity index (χ3v) is 4.61. The van der Waals surface area contributed by atoms with Crippen molar-refractivity contribution in [2.45, 2.75) is 25.8 Å². The average molecular weight is 260 g/mol. The summed E-state index contributed by atoms with van der Waals surface area (Å²) in [6.07, 6.45) is 2.61. The predicted molar refractivity (Wildman–Crippen MR) is 60.8 cm³/mol. The van der Waals surface area contributed by atoms with Crippen LogP contribution in [0.1, 0.15) is 30.7 Å². The van der Waals surface area contributed by atoms with Crippen molar-refractivity contribution in [3.8, 4) is 0 Å². The van der Waals surface area contributed by atoms with Crippen LogP contribution < -0.4 is 5.73 Å². The van der Waals surface area contributed by atoms with Crippen molar-refractivity contribution >= 4 is 27.3 Å². The first-order valence-corrected chi connectivity index (χ1v) is 6.34. The molecule has 0 aromatic carbocycles. The van der Waals surface area contributed by atoms with Crippen LogP contribution in [-0.4, -0.2) is 0 Å². The van der Waals surface area contributed by atoms with E-state index in [-0.39, 0.29) is 6.04 Å². The molecule has 2 N–H and O–H groups in total. The van der Waals surface area contributed by atoms with Crippen LogP contribution in [0.5, 0.6) is 0 Å². The van der Waals surface area contributed by atoms with Gasteiger partial charge in [-0.05, 0) is 46.3 Å². The van der Waals surface area contributed by atoms with Crippen molar-refractivity contribution in [1.29, 1.82) is 0 Å². The first kappa shape index (κ1) is 9.69. The minimum atomic E-state index is 0.279. The molecule has 0 bridgehead atoms. The lowest BCUT2D eigenvalue weighted by atomic mass is 10.1. The molecule has 72 valence electrons. The van der Waals surface area contributed by atoms with Crippen molar-refractivity contribution in [3.05, 3.63) is 20.8 Å². The van der Waals surface area contributed by atoms with Crippen LogP contribution in [0, 0.1) is 11.8 Å². The Kier molecular flexibility index (Phi) is 2.77. The highest BCUT2D eigenvalue weighted by molar-refractivity contribution is 9.11. The van der Waals surface area contributed by atoms with Gasteiger partial charge in [0, 0.05) is 10.9 Å². The zero-order valence-corrected chi connectivity index (χ0v) is 10.1. The molecule has 1 aliphatic carbocycles. The van der Waals surface area contributed by atoms with Gasteiger partial charge in [0.05, 0.1) is 3.79 Å². The van der Waals surface area contributed by atoms with Crippen LogP contribution in [0.4, 0.5) is 0 Å². The second-order valence-corrected chi connectivity index (χ2v) is 6.23. The molecule has 1 heterocycles. The van der Waals surface area contributed by atoms with Gasteiger partial charge in [-0.25, -0.2) is 0 Å². The number of hydrogen-bond acceptors (Lipinski definition) is 2. The molecular formula is C10H14BrNS. The van der Waals surface area contributed by atoms with E-state index in [1.807, 2.05) is 0 Å². The van der Waals surface area contributed by atoms with Gasteiger partial charge in [-0.3, -0.25) is 0 Å². The molecule has 3 heteroatoms. The van der Waals surface area contributed by atoms with Gasteiger partial charge in [-0.1, -0.05) is 13.3 Å². The number of nitrogens with two attached hydrogens (primary N) is 1. The molecule has 0 saturated heterocycles. The first-order valence-electron chi connectivity index (χ1n) is 4.73. The van der Waals surface area contributed by atoms with E-state index in [0.717, 1.165) is 11.8 Å². The molecular weight excluding hydrogens is 246 g/mol. The van der Waals surface area contributed by atoms with E-state index in [1.165, 1.54) is 21.5 Å². The molecule has 0 amide bonds. The van der Waals surface area contributed by atoms with Crippen LogP contribution in [-0.2, 0) is 0 Å². The predicted octanol–water partition coefficient (Wildman–Crippen LogP) is 3.56. The van der Waals surface area contributed by atoms with Crippen molar-refractivity contribution in [1.82, 2.24) is 0 Å². The topological polar surface area (TPSA) is 26.0 Å². The summed E-state index contributed by atoms with van der Waals surface area (Å²) in [6.45, 7) is 2.25. The molecule has 0 aliphatic heterocycles. The Morgan fingerprint density at radius 3 is 2.92 bits per heavy atom. The second kappa shape index (κ2) is 3.71. The van der Waals surface area contributed by atoms with Gasteiger partial charge in [0.25, 0.3) is 0 Å². The first-order chi connectivity index (χ1) is 6.22. The van der Waals surface area contributed by atoms with Crippen molar-refractivity contribution in [2.75, 3.05) is 0 Å². The molecule has 3 unspecified atom stereocenters. The molecule has 2 rings (SSSR count). The summed E-state index contributed by atoms with van der Waals surface area (Å²) in [4.78, 5) is 1.33. The van der Waals surface area contributed by atoms with E-state index in [2.05, 4.69) is 35.0 Å². The Labute approximate surface area is 91.5 Å². The monoisotopic (exact) mass is 259 g/mol. The van der Waals surface area contributed by atoms with Crippen LogP contribution in [0.3, 0.4) is 0 Å². The fraction of sp³-hybridized carbons (Fsp3) is 0.600. The largest absolute Gasteiger partial charge is 0.323 e. The Hall–Kier alpha value is 0.140. The lowest BCUT2D eigenvalue weighted by Crippen LogP contribution is -2.11. The quantitative estimate of drug-likeness (QED) is 0.883. The summed E-state index contributed by atoms with van der Waals surface area (Å²) in [7, 11) is 0. The average Bonchev–Trinajstić information content (AvgIpc) is 2.80. The molecule has 1 fully saturated rings. The summed E-state index contributed by atoms with van der Waals surface area (Å²) >= 11 is 5.23. The Bertz CT molecular complexity index is 297. The second-order valence-electron chi connectivity index (χ2n) is 3.74. The standard InChI is InChI=1S/C10H14BrNS/c1-2-6-5-7(6)10(12)8-3-4-9(11)13-8/h3-4,6-7,10H,2,5,12H2,1H3. The zero-order valence-electron chi connectivity index (χ0n) is 7.66. The molecule has 13 heavy (non-hydrogen) atoms. The lowest BCUT2D eigenvalue weighted by Gasteiger charge is -2.07. The summed E-state index contributed by atoms with van der Waals surface area (Å²) in [5.74, 6) is 1.63. The third-order valence-electron chi connectivity index (χ3n) is 2.89. The van der Waals surface area contributed by atoms with E-state index < -0.39 is 0 Å². The van der Waals surface area contributed by atoms with Gasteiger partial charge in [0.15, 0.2) is 0 Å². The molecule has 1 aliphatic rings. The smallest absolute Gasteiger partial charge is 0.0701 e. The summed E-state index contributed by atoms with van der Waals surface area (Å²) in [5.41, 5.74) is 6.17. The highest BCUT2D eigenvalue weighted by atomic mass is 79.9. The maximum Gasteiger partial charge on any atom is 0.0701 e. The van der Waals surface area contributed by atoms with Gasteiger partial charge in [-0.2, -0.15) is 0 Å². The molecule has 1 aromatic rings. The maximum atomic E-state index is 6.17. The van der Waals surface area contributed by atoms with Crippen LogP contribution in [0.15, 0.2) is 15.9 Å². The van der Waals surface area contributed by atoms with E-state index >= 15 is 0 Å². The van der Waals surface area contributed by atoms with Gasteiger partial charge < -0.3 is 5.73 Å². The van der Waals surface area contributed by atoms with Crippen molar-refractivity contribution in [3.63, 3.8) is 0 Å². The highest BCUT2D eigenvalue weighted by Crippen LogP contribution is 2.49. The lowest BCUT2D eigenvalue weighted by molar-refractivity contribution is 0.574. The van der Waals surface area contributed by atoms with Crippen LogP contribution >= 0.6 is 27.3 Å². The summed E-state index contributed by atoms with van der Waals surface area (Å²) in [5, 5.41) is 0. The fourth-order valence-electron chi connectivity index (χ4n) is 1.90. The minimum Gasteiger partial charge on any atom is -0.323 e. The molecule has 3 atom stereocenters. The fourth-order valence-corrected chi connectivity index (χ4v) is 3.40. The SMILES string of the molecule is CCC1CC1C(N)c1ccc(Br)s1. The zero-order chi connectivity index (χ0) is 9.42. The number of halogens is 1. The Morgan fingerprint density at radius 1 is 1.69 bits per heavy atom. The molecule has 1 saturated carbocycles. The van der Waals surface area contributed by atoms with Gasteiger partial charge in [0.2, 0.25) is 0 Å². The summed E-state index contributed by atoms with van der Waals surface area (Å²) in [6, 6.07) is 4.51. The van der Waals surface area contributed by atoms with E-state index in [9.17, 15) is 0 Å². The number of thiophene rings is 1. The van der Waals surface area contributed by atoms with Crippen LogP contribution in [0.25, 0.3) is 0 Å². The molecule has 0 radical (unpaired) electrons. The van der Waals surface area contributed by atoms with E-state index in [4.69, 9.17) is 5.73 Å². The van der Waals surface area contributed by atoms with Gasteiger partial charge in [-0.15, -0.1) is 11.3 Å². The minimum absolute atomic E-state index is 0.279. The van der Waals surface area contributed by atoms with E-state index in [0.29, 0.717) is 0 Å². The third kappa shape index (κ3) is 1.97. The molecule has 1 aromatic heterocycles. The Balaban J connectivity index is 2.02. The normalized spacial score (nSPS) is 28.8. The molecule has 0 spiro atoms. The highest BCUT2D eigenvalue weighted by Gasteiger charge is 2.40. The number of rotatable bonds is 3. The Morgan fingerprint density at radius 2 is 2.46 bits per heavy atom. The number of hydrogen-bond donors (Lipinski definition) is 1. The van der Waals surface area contributed by atoms with Gasteiger partial charge in [0.1, 0.15) is 0 Å². The van der Waals surface area contributed by atoms with Crippen molar-refractivity contribution < 1.29 is 0 Å².